The van der Waals surface area contributed by atoms with Crippen LogP contribution in [0.1, 0.15) is 0 Å². The number of benzene rings is 1. The van der Waals surface area contributed by atoms with Gasteiger partial charge in [-0.15, -0.1) is 0 Å². The largest absolute Gasteiger partial charge is 0.846 e. The van der Waals surface area contributed by atoms with E-state index < -0.39 is 0 Å². The van der Waals surface area contributed by atoms with Gasteiger partial charge in [-0.05, 0) is 24.3 Å². The summed E-state index contributed by atoms with van der Waals surface area (Å²) in [5.74, 6) is 0. The smallest absolute Gasteiger partial charge is 0.0823 e. The van der Waals surface area contributed by atoms with Gasteiger partial charge in [0.05, 0.1) is 17.9 Å². The second-order valence-electron chi connectivity index (χ2n) is 3.50. The highest BCUT2D eigenvalue weighted by atomic mass is 16.3. The van der Waals surface area contributed by atoms with Gasteiger partial charge in [-0.3, -0.25) is 4.98 Å². The Kier molecular flexibility index (Phi) is 3.35. The first kappa shape index (κ1) is 11.1. The molecule has 0 radical (unpaired) electrons. The molecule has 0 fully saturated rings. The van der Waals surface area contributed by atoms with Crippen LogP contribution in [0.15, 0.2) is 59.9 Å². The summed E-state index contributed by atoms with van der Waals surface area (Å²) in [6.07, 6.45) is 3.20. The molecule has 0 aliphatic carbocycles. The van der Waals surface area contributed by atoms with Gasteiger partial charge in [-0.1, -0.05) is 18.2 Å². The van der Waals surface area contributed by atoms with Crippen LogP contribution >= 0.6 is 0 Å². The Bertz CT molecular complexity index is 497. The first-order chi connectivity index (χ1) is 8.27. The van der Waals surface area contributed by atoms with E-state index in [0.29, 0.717) is 5.69 Å². The van der Waals surface area contributed by atoms with Crippen molar-refractivity contribution in [1.82, 2.24) is 4.98 Å². The number of nitrogens with zero attached hydrogens (tertiary/aromatic N) is 3. The molecule has 1 heterocycles. The van der Waals surface area contributed by atoms with Crippen LogP contribution in [-0.4, -0.2) is 18.1 Å². The van der Waals surface area contributed by atoms with E-state index in [1.807, 2.05) is 30.3 Å². The van der Waals surface area contributed by atoms with Gasteiger partial charge in [0.1, 0.15) is 0 Å². The highest BCUT2D eigenvalue weighted by Gasteiger charge is 1.98. The first-order valence-corrected chi connectivity index (χ1v) is 5.22. The SMILES string of the molecule is CN(C([O-])=Nc1cccnc1)c1ccccc1. The lowest BCUT2D eigenvalue weighted by Gasteiger charge is -2.25. The maximum Gasteiger partial charge on any atom is 0.0823 e. The van der Waals surface area contributed by atoms with Crippen molar-refractivity contribution in [3.05, 3.63) is 54.9 Å². The molecule has 0 unspecified atom stereocenters. The van der Waals surface area contributed by atoms with E-state index >= 15 is 0 Å². The van der Waals surface area contributed by atoms with Crippen molar-refractivity contribution in [2.75, 3.05) is 11.9 Å². The topological polar surface area (TPSA) is 51.5 Å². The Hall–Kier alpha value is -2.36. The zero-order valence-electron chi connectivity index (χ0n) is 9.45. The number of rotatable bonds is 2. The zero-order valence-corrected chi connectivity index (χ0v) is 9.45. The second-order valence-corrected chi connectivity index (χ2v) is 3.50. The summed E-state index contributed by atoms with van der Waals surface area (Å²) >= 11 is 0. The average molecular weight is 226 g/mol. The fraction of sp³-hybridized carbons (Fsp3) is 0.0769. The maximum absolute atomic E-state index is 11.8. The quantitative estimate of drug-likeness (QED) is 0.577. The Morgan fingerprint density at radius 2 is 1.94 bits per heavy atom. The van der Waals surface area contributed by atoms with Crippen LogP contribution in [0, 0.1) is 0 Å². The lowest BCUT2D eigenvalue weighted by Crippen LogP contribution is -2.36. The molecular formula is C13H12N3O-. The minimum absolute atomic E-state index is 0.316. The molecule has 1 aromatic carbocycles. The van der Waals surface area contributed by atoms with Crippen LogP contribution < -0.4 is 10.0 Å². The van der Waals surface area contributed by atoms with Gasteiger partial charge in [-0.25, -0.2) is 4.99 Å². The summed E-state index contributed by atoms with van der Waals surface area (Å²) in [4.78, 5) is 9.36. The lowest BCUT2D eigenvalue weighted by atomic mass is 10.3. The monoisotopic (exact) mass is 226 g/mol. The summed E-state index contributed by atoms with van der Waals surface area (Å²) in [6, 6.07) is 12.5. The summed E-state index contributed by atoms with van der Waals surface area (Å²) < 4.78 is 0. The third-order valence-electron chi connectivity index (χ3n) is 2.30. The van der Waals surface area contributed by atoms with E-state index in [9.17, 15) is 5.11 Å². The van der Waals surface area contributed by atoms with Gasteiger partial charge >= 0.3 is 0 Å². The molecule has 4 heteroatoms. The predicted octanol–water partition coefficient (Wildman–Crippen LogP) is 1.57. The zero-order chi connectivity index (χ0) is 12.1. The standard InChI is InChI=1S/C13H13N3O/c1-16(12-7-3-2-4-8-12)13(17)15-11-6-5-9-14-10-11/h2-10H,1H3,(H,15,17)/p-1. The lowest BCUT2D eigenvalue weighted by molar-refractivity contribution is -0.217. The van der Waals surface area contributed by atoms with Crippen LogP contribution in [-0.2, 0) is 0 Å². The third-order valence-corrected chi connectivity index (χ3v) is 2.30. The Balaban J connectivity index is 2.21. The average Bonchev–Trinajstić information content (AvgIpc) is 2.40. The summed E-state index contributed by atoms with van der Waals surface area (Å²) in [7, 11) is 1.69. The highest BCUT2D eigenvalue weighted by Crippen LogP contribution is 2.13. The number of aliphatic imine (C=N–C) groups is 1. The molecule has 2 aromatic rings. The Labute approximate surface area is 99.9 Å². The molecule has 1 aromatic heterocycles. The van der Waals surface area contributed by atoms with Crippen molar-refractivity contribution in [3.63, 3.8) is 0 Å². The second kappa shape index (κ2) is 5.12. The van der Waals surface area contributed by atoms with E-state index in [1.54, 1.807) is 31.6 Å². The van der Waals surface area contributed by atoms with E-state index in [2.05, 4.69) is 9.98 Å². The fourth-order valence-electron chi connectivity index (χ4n) is 1.37. The molecule has 86 valence electrons. The van der Waals surface area contributed by atoms with E-state index in [1.165, 1.54) is 4.90 Å². The minimum atomic E-state index is -0.316. The van der Waals surface area contributed by atoms with Crippen molar-refractivity contribution in [3.8, 4) is 0 Å². The van der Waals surface area contributed by atoms with Gasteiger partial charge < -0.3 is 10.0 Å². The predicted molar refractivity (Wildman–Crippen MR) is 66.2 cm³/mol. The number of anilines is 1. The van der Waals surface area contributed by atoms with Gasteiger partial charge in [0.25, 0.3) is 0 Å². The molecule has 0 aliphatic rings. The number of hydrogen-bond acceptors (Lipinski definition) is 3. The molecule has 0 saturated carbocycles. The molecule has 0 bridgehead atoms. The third kappa shape index (κ3) is 2.81. The fourth-order valence-corrected chi connectivity index (χ4v) is 1.37. The molecule has 0 atom stereocenters. The molecule has 0 saturated heterocycles. The first-order valence-electron chi connectivity index (χ1n) is 5.22. The Morgan fingerprint density at radius 1 is 1.18 bits per heavy atom. The van der Waals surface area contributed by atoms with Gasteiger partial charge in [0.15, 0.2) is 0 Å². The van der Waals surface area contributed by atoms with Crippen LogP contribution in [0.25, 0.3) is 0 Å². The van der Waals surface area contributed by atoms with Gasteiger partial charge in [0, 0.05) is 18.9 Å². The number of para-hydroxylation sites is 1. The van der Waals surface area contributed by atoms with Crippen molar-refractivity contribution < 1.29 is 5.11 Å². The van der Waals surface area contributed by atoms with Crippen LogP contribution in [0.3, 0.4) is 0 Å². The normalized spacial score (nSPS) is 11.2. The van der Waals surface area contributed by atoms with E-state index in [4.69, 9.17) is 0 Å². The molecule has 2 rings (SSSR count). The molecule has 17 heavy (non-hydrogen) atoms. The van der Waals surface area contributed by atoms with Crippen LogP contribution in [0.5, 0.6) is 0 Å². The number of amidine groups is 1. The van der Waals surface area contributed by atoms with Crippen LogP contribution in [0.2, 0.25) is 0 Å². The summed E-state index contributed by atoms with van der Waals surface area (Å²) in [5, 5.41) is 11.8. The van der Waals surface area contributed by atoms with Crippen molar-refractivity contribution in [2.24, 2.45) is 4.99 Å². The van der Waals surface area contributed by atoms with Crippen molar-refractivity contribution in [1.29, 1.82) is 0 Å². The van der Waals surface area contributed by atoms with E-state index in [0.717, 1.165) is 5.69 Å². The molecular weight excluding hydrogens is 214 g/mol. The highest BCUT2D eigenvalue weighted by molar-refractivity contribution is 5.89. The molecule has 0 N–H and O–H groups in total. The number of aromatic nitrogens is 1. The molecule has 0 aliphatic heterocycles. The van der Waals surface area contributed by atoms with E-state index in [-0.39, 0.29) is 6.02 Å². The maximum atomic E-state index is 11.8. The van der Waals surface area contributed by atoms with Crippen molar-refractivity contribution in [2.45, 2.75) is 0 Å². The number of pyridine rings is 1. The molecule has 0 spiro atoms. The van der Waals surface area contributed by atoms with Gasteiger partial charge in [-0.2, -0.15) is 0 Å². The Morgan fingerprint density at radius 3 is 2.59 bits per heavy atom. The summed E-state index contributed by atoms with van der Waals surface area (Å²) in [5.41, 5.74) is 1.37. The van der Waals surface area contributed by atoms with Crippen LogP contribution in [0.4, 0.5) is 11.4 Å². The van der Waals surface area contributed by atoms with Crippen molar-refractivity contribution >= 4 is 17.4 Å². The summed E-state index contributed by atoms with van der Waals surface area (Å²) in [6.45, 7) is 0. The molecule has 4 nitrogen and oxygen atoms in total. The van der Waals surface area contributed by atoms with Gasteiger partial charge in [0.2, 0.25) is 0 Å². The number of hydrogen-bond donors (Lipinski definition) is 0. The minimum Gasteiger partial charge on any atom is -0.846 e. The molecule has 0 amide bonds.